The fraction of sp³-hybridized carbons (Fsp3) is 0.148. The average Bonchev–Trinajstić information content (AvgIpc) is 3.41. The Morgan fingerprint density at radius 1 is 0.735 bits per heavy atom. The van der Waals surface area contributed by atoms with Crippen LogP contribution < -0.4 is 5.32 Å². The van der Waals surface area contributed by atoms with Crippen molar-refractivity contribution < 1.29 is 0 Å². The third-order valence-electron chi connectivity index (χ3n) is 5.72. The molecular formula is C27H24N6S. The maximum absolute atomic E-state index is 4.65. The van der Waals surface area contributed by atoms with E-state index in [4.69, 9.17) is 0 Å². The first kappa shape index (κ1) is 21.9. The van der Waals surface area contributed by atoms with Crippen LogP contribution in [-0.2, 0) is 0 Å². The van der Waals surface area contributed by atoms with Crippen molar-refractivity contribution in [2.24, 2.45) is 20.5 Å². The molecule has 0 aliphatic heterocycles. The van der Waals surface area contributed by atoms with Crippen molar-refractivity contribution in [2.45, 2.75) is 26.3 Å². The molecule has 5 aromatic rings. The number of hydrogen-bond acceptors (Lipinski definition) is 7. The van der Waals surface area contributed by atoms with E-state index in [0.717, 1.165) is 50.7 Å². The molecular weight excluding hydrogens is 440 g/mol. The van der Waals surface area contributed by atoms with Crippen molar-refractivity contribution in [1.82, 2.24) is 4.98 Å². The van der Waals surface area contributed by atoms with Crippen LogP contribution in [-0.4, -0.2) is 11.0 Å². The van der Waals surface area contributed by atoms with E-state index in [1.54, 1.807) is 6.20 Å². The highest BCUT2D eigenvalue weighted by Crippen LogP contribution is 2.37. The highest BCUT2D eigenvalue weighted by molar-refractivity contribution is 7.13. The summed E-state index contributed by atoms with van der Waals surface area (Å²) in [7, 11) is 0. The molecule has 0 spiro atoms. The minimum absolute atomic E-state index is 0.397. The van der Waals surface area contributed by atoms with Gasteiger partial charge in [0.1, 0.15) is 0 Å². The van der Waals surface area contributed by atoms with Gasteiger partial charge in [-0.1, -0.05) is 55.5 Å². The first-order valence-corrected chi connectivity index (χ1v) is 12.1. The predicted octanol–water partition coefficient (Wildman–Crippen LogP) is 9.49. The second kappa shape index (κ2) is 9.89. The van der Waals surface area contributed by atoms with Crippen LogP contribution in [0.1, 0.15) is 20.3 Å². The molecule has 1 unspecified atom stereocenters. The van der Waals surface area contributed by atoms with Crippen LogP contribution in [0.5, 0.6) is 0 Å². The van der Waals surface area contributed by atoms with E-state index in [9.17, 15) is 0 Å². The second-order valence-electron chi connectivity index (χ2n) is 8.00. The Bertz CT molecular complexity index is 1490. The molecule has 0 aliphatic rings. The van der Waals surface area contributed by atoms with Gasteiger partial charge in [0.15, 0.2) is 0 Å². The number of thiazole rings is 1. The average molecular weight is 465 g/mol. The summed E-state index contributed by atoms with van der Waals surface area (Å²) in [4.78, 5) is 4.16. The summed E-state index contributed by atoms with van der Waals surface area (Å²) in [5.41, 5.74) is 3.51. The van der Waals surface area contributed by atoms with Gasteiger partial charge in [-0.05, 0) is 37.6 Å². The van der Waals surface area contributed by atoms with Crippen LogP contribution in [0.15, 0.2) is 105 Å². The van der Waals surface area contributed by atoms with Crippen molar-refractivity contribution in [3.8, 4) is 0 Å². The monoisotopic (exact) mass is 464 g/mol. The number of anilines is 1. The van der Waals surface area contributed by atoms with Crippen LogP contribution in [0.2, 0.25) is 0 Å². The van der Waals surface area contributed by atoms with E-state index >= 15 is 0 Å². The number of nitrogens with zero attached hydrogens (tertiary/aromatic N) is 5. The van der Waals surface area contributed by atoms with Gasteiger partial charge in [-0.25, -0.2) is 4.98 Å². The molecule has 1 N–H and O–H groups in total. The molecule has 0 saturated heterocycles. The Morgan fingerprint density at radius 3 is 1.82 bits per heavy atom. The van der Waals surface area contributed by atoms with Gasteiger partial charge in [0.25, 0.3) is 0 Å². The van der Waals surface area contributed by atoms with Crippen molar-refractivity contribution >= 4 is 60.8 Å². The zero-order valence-electron chi connectivity index (χ0n) is 19.0. The van der Waals surface area contributed by atoms with Crippen LogP contribution in [0.3, 0.4) is 0 Å². The van der Waals surface area contributed by atoms with Gasteiger partial charge in [0.05, 0.1) is 17.1 Å². The van der Waals surface area contributed by atoms with Gasteiger partial charge in [-0.3, -0.25) is 0 Å². The van der Waals surface area contributed by atoms with Gasteiger partial charge in [-0.2, -0.15) is 0 Å². The molecule has 168 valence electrons. The number of benzene rings is 4. The SMILES string of the molecule is CCC(C)Nc1ccc(/N=N/c2ccc(/N=N/c3nccs3)c3ccccc23)c2ccccc12. The zero-order valence-corrected chi connectivity index (χ0v) is 19.8. The van der Waals surface area contributed by atoms with E-state index in [2.05, 4.69) is 68.9 Å². The van der Waals surface area contributed by atoms with Gasteiger partial charge in [0.2, 0.25) is 5.13 Å². The Hall–Kier alpha value is -3.97. The molecule has 0 saturated carbocycles. The summed E-state index contributed by atoms with van der Waals surface area (Å²) in [6.07, 6.45) is 2.78. The lowest BCUT2D eigenvalue weighted by Crippen LogP contribution is -2.13. The number of fused-ring (bicyclic) bond motifs is 2. The number of azo groups is 2. The van der Waals surface area contributed by atoms with E-state index in [-0.39, 0.29) is 0 Å². The van der Waals surface area contributed by atoms with Gasteiger partial charge < -0.3 is 5.32 Å². The molecule has 6 nitrogen and oxygen atoms in total. The molecule has 7 heteroatoms. The number of rotatable bonds is 7. The van der Waals surface area contributed by atoms with Gasteiger partial charge >= 0.3 is 0 Å². The summed E-state index contributed by atoms with van der Waals surface area (Å²) in [6.45, 7) is 4.37. The lowest BCUT2D eigenvalue weighted by atomic mass is 10.1. The van der Waals surface area contributed by atoms with E-state index in [0.29, 0.717) is 11.2 Å². The summed E-state index contributed by atoms with van der Waals surface area (Å²) < 4.78 is 0. The van der Waals surface area contributed by atoms with Crippen molar-refractivity contribution in [3.63, 3.8) is 0 Å². The standard InChI is InChI=1S/C27H24N6S/c1-3-18(2)29-23-12-13-24(20-9-5-4-8-19(20)23)30-31-25-14-15-26(22-11-7-6-10-21(22)25)32-33-27-28-16-17-34-27/h4-18,29H,3H2,1-2H3/b31-30+,33-32+. The van der Waals surface area contributed by atoms with Gasteiger partial charge in [-0.15, -0.1) is 31.8 Å². The Balaban J connectivity index is 1.51. The van der Waals surface area contributed by atoms with E-state index < -0.39 is 0 Å². The van der Waals surface area contributed by atoms with Crippen LogP contribution in [0.25, 0.3) is 21.5 Å². The first-order chi connectivity index (χ1) is 16.7. The molecule has 1 heterocycles. The molecule has 4 aromatic carbocycles. The van der Waals surface area contributed by atoms with Crippen LogP contribution >= 0.6 is 11.3 Å². The Morgan fingerprint density at radius 2 is 1.26 bits per heavy atom. The normalized spacial score (nSPS) is 12.8. The Kier molecular flexibility index (Phi) is 6.35. The summed E-state index contributed by atoms with van der Waals surface area (Å²) in [5, 5.41) is 28.2. The molecule has 0 radical (unpaired) electrons. The van der Waals surface area contributed by atoms with Crippen LogP contribution in [0.4, 0.5) is 27.9 Å². The molecule has 1 atom stereocenters. The third kappa shape index (κ3) is 4.56. The van der Waals surface area contributed by atoms with E-state index in [1.165, 1.54) is 11.3 Å². The summed E-state index contributed by atoms with van der Waals surface area (Å²) in [6, 6.07) is 24.7. The predicted molar refractivity (Wildman–Crippen MR) is 142 cm³/mol. The minimum atomic E-state index is 0.397. The Labute approximate surface area is 202 Å². The highest BCUT2D eigenvalue weighted by atomic mass is 32.1. The smallest absolute Gasteiger partial charge is 0.229 e. The summed E-state index contributed by atoms with van der Waals surface area (Å²) in [5.74, 6) is 0. The summed E-state index contributed by atoms with van der Waals surface area (Å²) >= 11 is 1.45. The van der Waals surface area contributed by atoms with Crippen molar-refractivity contribution in [2.75, 3.05) is 5.32 Å². The topological polar surface area (TPSA) is 74.4 Å². The maximum atomic E-state index is 4.65. The molecule has 5 rings (SSSR count). The molecule has 0 bridgehead atoms. The molecule has 0 amide bonds. The largest absolute Gasteiger partial charge is 0.382 e. The molecule has 1 aromatic heterocycles. The lowest BCUT2D eigenvalue weighted by Gasteiger charge is -2.15. The van der Waals surface area contributed by atoms with Crippen molar-refractivity contribution in [1.29, 1.82) is 0 Å². The number of nitrogens with one attached hydrogen (secondary N) is 1. The second-order valence-corrected chi connectivity index (χ2v) is 8.87. The van der Waals surface area contributed by atoms with Crippen LogP contribution in [0, 0.1) is 0 Å². The highest BCUT2D eigenvalue weighted by Gasteiger charge is 2.09. The van der Waals surface area contributed by atoms with E-state index in [1.807, 2.05) is 53.9 Å². The zero-order chi connectivity index (χ0) is 23.3. The number of hydrogen-bond donors (Lipinski definition) is 1. The minimum Gasteiger partial charge on any atom is -0.382 e. The fourth-order valence-corrected chi connectivity index (χ4v) is 4.23. The van der Waals surface area contributed by atoms with Crippen molar-refractivity contribution in [3.05, 3.63) is 84.4 Å². The number of aromatic nitrogens is 1. The first-order valence-electron chi connectivity index (χ1n) is 11.3. The molecule has 0 aliphatic carbocycles. The third-order valence-corrected chi connectivity index (χ3v) is 6.38. The quantitative estimate of drug-likeness (QED) is 0.243. The maximum Gasteiger partial charge on any atom is 0.229 e. The molecule has 0 fully saturated rings. The molecule has 34 heavy (non-hydrogen) atoms. The van der Waals surface area contributed by atoms with Gasteiger partial charge in [0, 0.05) is 44.9 Å². The fourth-order valence-electron chi connectivity index (χ4n) is 3.78. The lowest BCUT2D eigenvalue weighted by molar-refractivity contribution is 0.765.